The minimum Gasteiger partial charge on any atom is -0.493 e. The van der Waals surface area contributed by atoms with E-state index < -0.39 is 10.7 Å². The Morgan fingerprint density at radius 1 is 1.50 bits per heavy atom. The maximum atomic E-state index is 13.1. The van der Waals surface area contributed by atoms with Gasteiger partial charge >= 0.3 is 0 Å². The molecule has 5 heteroatoms. The largest absolute Gasteiger partial charge is 0.493 e. The summed E-state index contributed by atoms with van der Waals surface area (Å²) >= 11 is 0. The topological polar surface area (TPSA) is 52.4 Å². The molecule has 0 aliphatic carbocycles. The summed E-state index contributed by atoms with van der Waals surface area (Å²) in [7, 11) is 0. The number of nitro groups is 1. The second kappa shape index (κ2) is 5.85. The molecule has 0 spiro atoms. The molecule has 0 atom stereocenters. The summed E-state index contributed by atoms with van der Waals surface area (Å²) in [6.45, 7) is 2.43. The van der Waals surface area contributed by atoms with Gasteiger partial charge in [0.2, 0.25) is 6.20 Å². The zero-order chi connectivity index (χ0) is 12.0. The first-order valence-corrected chi connectivity index (χ1v) is 4.87. The van der Waals surface area contributed by atoms with Crippen molar-refractivity contribution in [2.24, 2.45) is 0 Å². The minimum atomic E-state index is -0.600. The van der Waals surface area contributed by atoms with Crippen molar-refractivity contribution in [3.05, 3.63) is 45.9 Å². The van der Waals surface area contributed by atoms with Crippen molar-refractivity contribution in [2.75, 3.05) is 6.61 Å². The summed E-state index contributed by atoms with van der Waals surface area (Å²) in [5.74, 6) is -0.0959. The summed E-state index contributed by atoms with van der Waals surface area (Å²) in [4.78, 5) is 9.51. The van der Waals surface area contributed by atoms with E-state index in [2.05, 4.69) is 0 Å². The molecule has 0 unspecified atom stereocenters. The molecule has 0 saturated heterocycles. The van der Waals surface area contributed by atoms with Gasteiger partial charge in [0.05, 0.1) is 11.5 Å². The van der Waals surface area contributed by atoms with Crippen LogP contribution in [0.3, 0.4) is 0 Å². The Morgan fingerprint density at radius 3 is 2.88 bits per heavy atom. The van der Waals surface area contributed by atoms with Gasteiger partial charge in [0.15, 0.2) is 0 Å². The summed E-state index contributed by atoms with van der Waals surface area (Å²) < 4.78 is 18.3. The Balaban J connectivity index is 2.85. The highest BCUT2D eigenvalue weighted by atomic mass is 19.1. The third-order valence-corrected chi connectivity index (χ3v) is 1.76. The van der Waals surface area contributed by atoms with Crippen LogP contribution in [0.4, 0.5) is 4.39 Å². The molecule has 0 aromatic heterocycles. The lowest BCUT2D eigenvalue weighted by Crippen LogP contribution is -1.96. The number of halogens is 1. The Kier molecular flexibility index (Phi) is 4.44. The number of hydrogen-bond acceptors (Lipinski definition) is 3. The van der Waals surface area contributed by atoms with Crippen LogP contribution in [0.2, 0.25) is 0 Å². The second-order valence-electron chi connectivity index (χ2n) is 3.17. The Labute approximate surface area is 92.5 Å². The fourth-order valence-corrected chi connectivity index (χ4v) is 1.13. The molecule has 0 N–H and O–H groups in total. The Bertz CT molecular complexity index is 404. The highest BCUT2D eigenvalue weighted by molar-refractivity contribution is 5.50. The van der Waals surface area contributed by atoms with Crippen LogP contribution < -0.4 is 4.74 Å². The van der Waals surface area contributed by atoms with E-state index in [4.69, 9.17) is 4.74 Å². The van der Waals surface area contributed by atoms with Gasteiger partial charge in [-0.3, -0.25) is 10.1 Å². The summed E-state index contributed by atoms with van der Waals surface area (Å²) in [6, 6.07) is 4.01. The third kappa shape index (κ3) is 4.08. The molecule has 0 radical (unpaired) electrons. The van der Waals surface area contributed by atoms with Crippen molar-refractivity contribution in [1.82, 2.24) is 0 Å². The average Bonchev–Trinajstić information content (AvgIpc) is 2.23. The molecule has 0 bridgehead atoms. The van der Waals surface area contributed by atoms with Crippen molar-refractivity contribution >= 4 is 6.08 Å². The average molecular weight is 225 g/mol. The molecular weight excluding hydrogens is 213 g/mol. The van der Waals surface area contributed by atoms with Crippen LogP contribution in [0.15, 0.2) is 24.4 Å². The Morgan fingerprint density at radius 2 is 2.25 bits per heavy atom. The molecule has 0 amide bonds. The van der Waals surface area contributed by atoms with Gasteiger partial charge in [-0.1, -0.05) is 6.92 Å². The third-order valence-electron chi connectivity index (χ3n) is 1.76. The lowest BCUT2D eigenvalue weighted by Gasteiger charge is -2.05. The molecule has 1 aromatic carbocycles. The van der Waals surface area contributed by atoms with Crippen LogP contribution in [-0.2, 0) is 0 Å². The van der Waals surface area contributed by atoms with Crippen molar-refractivity contribution in [2.45, 2.75) is 13.3 Å². The van der Waals surface area contributed by atoms with Crippen molar-refractivity contribution < 1.29 is 14.1 Å². The summed E-state index contributed by atoms with van der Waals surface area (Å²) in [5.41, 5.74) is 0.405. The van der Waals surface area contributed by atoms with Gasteiger partial charge in [0.1, 0.15) is 11.6 Å². The van der Waals surface area contributed by atoms with Crippen LogP contribution in [0, 0.1) is 15.9 Å². The summed E-state index contributed by atoms with van der Waals surface area (Å²) in [6.07, 6.45) is 2.80. The molecule has 1 rings (SSSR count). The van der Waals surface area contributed by atoms with Gasteiger partial charge in [0, 0.05) is 12.1 Å². The maximum absolute atomic E-state index is 13.1. The van der Waals surface area contributed by atoms with E-state index in [1.54, 1.807) is 6.07 Å². The molecule has 0 aliphatic heterocycles. The lowest BCUT2D eigenvalue weighted by molar-refractivity contribution is -0.400. The van der Waals surface area contributed by atoms with Crippen LogP contribution in [0.5, 0.6) is 5.75 Å². The van der Waals surface area contributed by atoms with Gasteiger partial charge in [0.25, 0.3) is 0 Å². The number of nitrogens with zero attached hydrogens (tertiary/aromatic N) is 1. The predicted octanol–water partition coefficient (Wildman–Crippen LogP) is 2.86. The first kappa shape index (κ1) is 12.2. The van der Waals surface area contributed by atoms with Crippen molar-refractivity contribution in [3.63, 3.8) is 0 Å². The number of ether oxygens (including phenoxy) is 1. The summed E-state index contributed by atoms with van der Waals surface area (Å²) in [5, 5.41) is 10.1. The molecule has 0 fully saturated rings. The first-order chi connectivity index (χ1) is 7.61. The normalized spacial score (nSPS) is 10.6. The number of rotatable bonds is 5. The van der Waals surface area contributed by atoms with E-state index in [1.807, 2.05) is 6.92 Å². The van der Waals surface area contributed by atoms with Gasteiger partial charge in [-0.25, -0.2) is 4.39 Å². The lowest BCUT2D eigenvalue weighted by atomic mass is 10.2. The van der Waals surface area contributed by atoms with Crippen molar-refractivity contribution in [3.8, 4) is 5.75 Å². The number of benzene rings is 1. The number of hydrogen-bond donors (Lipinski definition) is 0. The predicted molar refractivity (Wildman–Crippen MR) is 58.2 cm³/mol. The standard InChI is InChI=1S/C11H12FNO3/c1-2-5-16-11-7-9(3-4-13(14)15)6-10(12)8-11/h3-4,6-8H,2,5H2,1H3. The molecule has 0 saturated carbocycles. The van der Waals surface area contributed by atoms with Gasteiger partial charge in [-0.05, 0) is 24.1 Å². The van der Waals surface area contributed by atoms with E-state index >= 15 is 0 Å². The monoisotopic (exact) mass is 225 g/mol. The first-order valence-electron chi connectivity index (χ1n) is 4.87. The van der Waals surface area contributed by atoms with Gasteiger partial charge in [-0.2, -0.15) is 0 Å². The Hall–Kier alpha value is -1.91. The minimum absolute atomic E-state index is 0.379. The van der Waals surface area contributed by atoms with E-state index in [0.717, 1.165) is 12.6 Å². The fraction of sp³-hybridized carbons (Fsp3) is 0.273. The smallest absolute Gasteiger partial charge is 0.235 e. The zero-order valence-electron chi connectivity index (χ0n) is 8.85. The highest BCUT2D eigenvalue weighted by Gasteiger charge is 2.00. The molecule has 16 heavy (non-hydrogen) atoms. The SMILES string of the molecule is CCCOc1cc(F)cc(C=C[N+](=O)[O-])c1. The van der Waals surface area contributed by atoms with Crippen LogP contribution in [0.1, 0.15) is 18.9 Å². The molecule has 86 valence electrons. The van der Waals surface area contributed by atoms with E-state index in [1.165, 1.54) is 18.2 Å². The molecular formula is C11H12FNO3. The van der Waals surface area contributed by atoms with Gasteiger partial charge in [-0.15, -0.1) is 0 Å². The van der Waals surface area contributed by atoms with E-state index in [9.17, 15) is 14.5 Å². The van der Waals surface area contributed by atoms with Gasteiger partial charge < -0.3 is 4.74 Å². The molecule has 0 aliphatic rings. The quantitative estimate of drug-likeness (QED) is 0.572. The highest BCUT2D eigenvalue weighted by Crippen LogP contribution is 2.17. The molecule has 1 aromatic rings. The van der Waals surface area contributed by atoms with Crippen LogP contribution >= 0.6 is 0 Å². The van der Waals surface area contributed by atoms with E-state index in [-0.39, 0.29) is 0 Å². The molecule has 4 nitrogen and oxygen atoms in total. The van der Waals surface area contributed by atoms with Crippen LogP contribution in [-0.4, -0.2) is 11.5 Å². The second-order valence-corrected chi connectivity index (χ2v) is 3.17. The van der Waals surface area contributed by atoms with Crippen molar-refractivity contribution in [1.29, 1.82) is 0 Å². The fourth-order valence-electron chi connectivity index (χ4n) is 1.13. The zero-order valence-corrected chi connectivity index (χ0v) is 8.85. The maximum Gasteiger partial charge on any atom is 0.235 e. The molecule has 0 heterocycles. The van der Waals surface area contributed by atoms with E-state index in [0.29, 0.717) is 17.9 Å². The van der Waals surface area contributed by atoms with Crippen LogP contribution in [0.25, 0.3) is 6.08 Å².